The Labute approximate surface area is 233 Å². The molecule has 5 rings (SSSR count). The van der Waals surface area contributed by atoms with E-state index in [0.717, 1.165) is 62.0 Å². The van der Waals surface area contributed by atoms with Gasteiger partial charge in [0.2, 0.25) is 0 Å². The van der Waals surface area contributed by atoms with E-state index in [0.29, 0.717) is 28.0 Å². The van der Waals surface area contributed by atoms with E-state index >= 15 is 0 Å². The van der Waals surface area contributed by atoms with Crippen molar-refractivity contribution in [3.63, 3.8) is 0 Å². The number of aromatic nitrogens is 3. The molecule has 3 aromatic rings. The molecular formula is C28H38N8O2S. The summed E-state index contributed by atoms with van der Waals surface area (Å²) < 4.78 is 1.96. The smallest absolute Gasteiger partial charge is 0.276 e. The Balaban J connectivity index is 1.27. The minimum atomic E-state index is -0.281. The molecule has 1 aliphatic carbocycles. The number of nitrogens with one attached hydrogen (secondary N) is 3. The predicted octanol–water partition coefficient (Wildman–Crippen LogP) is 4.23. The number of carbonyl (C=O) groups is 2. The maximum Gasteiger partial charge on any atom is 0.276 e. The lowest BCUT2D eigenvalue weighted by molar-refractivity contribution is 0.101. The molecule has 1 saturated carbocycles. The van der Waals surface area contributed by atoms with Gasteiger partial charge in [-0.2, -0.15) is 5.10 Å². The zero-order valence-electron chi connectivity index (χ0n) is 23.4. The molecule has 10 nitrogen and oxygen atoms in total. The van der Waals surface area contributed by atoms with Gasteiger partial charge in [0.25, 0.3) is 11.8 Å². The van der Waals surface area contributed by atoms with E-state index in [4.69, 9.17) is 5.10 Å². The first-order valence-corrected chi connectivity index (χ1v) is 14.3. The first-order chi connectivity index (χ1) is 18.5. The van der Waals surface area contributed by atoms with Crippen molar-refractivity contribution in [2.45, 2.75) is 58.7 Å². The summed E-state index contributed by atoms with van der Waals surface area (Å²) in [7, 11) is 2.14. The molecule has 1 aliphatic heterocycles. The SMILES string of the molecule is Cc1ccc(NC(=O)c2cc(CN3CCN(C)CC3)n(C(C)(C)C)n2)cc1NC(=O)c1cnc(NC2CC2)s1. The molecule has 0 spiro atoms. The van der Waals surface area contributed by atoms with E-state index < -0.39 is 0 Å². The number of carbonyl (C=O) groups excluding carboxylic acids is 2. The van der Waals surface area contributed by atoms with Crippen LogP contribution in [0.25, 0.3) is 0 Å². The van der Waals surface area contributed by atoms with E-state index in [2.05, 4.69) is 58.6 Å². The first kappa shape index (κ1) is 27.3. The standard InChI is InChI=1S/C28H38N8O2S/c1-18-6-7-20(14-22(18)32-26(38)24-16-29-27(39-24)31-19-8-9-19)30-25(37)23-15-21(36(33-23)28(2,3)4)17-35-12-10-34(5)11-13-35/h6-7,14-16,19H,8-13,17H2,1-5H3,(H,29,31)(H,30,37)(H,32,38). The first-order valence-electron chi connectivity index (χ1n) is 13.5. The number of hydrogen-bond acceptors (Lipinski definition) is 8. The maximum atomic E-state index is 13.3. The largest absolute Gasteiger partial charge is 0.359 e. The van der Waals surface area contributed by atoms with Crippen LogP contribution in [0.1, 0.15) is 65.0 Å². The number of hydrogen-bond donors (Lipinski definition) is 3. The molecule has 11 heteroatoms. The minimum Gasteiger partial charge on any atom is -0.359 e. The minimum absolute atomic E-state index is 0.222. The van der Waals surface area contributed by atoms with Crippen LogP contribution in [0.15, 0.2) is 30.5 Å². The fourth-order valence-electron chi connectivity index (χ4n) is 4.52. The van der Waals surface area contributed by atoms with Crippen LogP contribution in [-0.2, 0) is 12.1 Å². The Bertz CT molecular complexity index is 1350. The number of thiazole rings is 1. The normalized spacial score (nSPS) is 16.7. The maximum absolute atomic E-state index is 13.3. The second-order valence-electron chi connectivity index (χ2n) is 11.6. The van der Waals surface area contributed by atoms with Gasteiger partial charge in [0, 0.05) is 50.1 Å². The number of anilines is 3. The van der Waals surface area contributed by atoms with Crippen LogP contribution in [-0.4, -0.2) is 75.6 Å². The highest BCUT2D eigenvalue weighted by Crippen LogP contribution is 2.28. The van der Waals surface area contributed by atoms with Crippen LogP contribution < -0.4 is 16.0 Å². The topological polar surface area (TPSA) is 107 Å². The highest BCUT2D eigenvalue weighted by molar-refractivity contribution is 7.17. The zero-order valence-corrected chi connectivity index (χ0v) is 24.2. The number of amides is 2. The van der Waals surface area contributed by atoms with Gasteiger partial charge in [-0.25, -0.2) is 4.98 Å². The van der Waals surface area contributed by atoms with Crippen LogP contribution in [0.3, 0.4) is 0 Å². The molecule has 1 saturated heterocycles. The molecule has 0 unspecified atom stereocenters. The Kier molecular flexibility index (Phi) is 7.75. The Morgan fingerprint density at radius 3 is 2.49 bits per heavy atom. The van der Waals surface area contributed by atoms with Gasteiger partial charge in [-0.3, -0.25) is 19.2 Å². The molecule has 2 amide bonds. The van der Waals surface area contributed by atoms with Crippen LogP contribution in [0.4, 0.5) is 16.5 Å². The third kappa shape index (κ3) is 6.84. The van der Waals surface area contributed by atoms with Crippen molar-refractivity contribution < 1.29 is 9.59 Å². The van der Waals surface area contributed by atoms with E-state index in [-0.39, 0.29) is 17.4 Å². The number of likely N-dealkylation sites (N-methyl/N-ethyl adjacent to an activating group) is 1. The van der Waals surface area contributed by atoms with E-state index in [1.807, 2.05) is 29.8 Å². The molecule has 208 valence electrons. The van der Waals surface area contributed by atoms with Crippen molar-refractivity contribution in [1.29, 1.82) is 0 Å². The molecule has 3 heterocycles. The van der Waals surface area contributed by atoms with Gasteiger partial charge < -0.3 is 20.9 Å². The molecule has 2 fully saturated rings. The monoisotopic (exact) mass is 550 g/mol. The summed E-state index contributed by atoms with van der Waals surface area (Å²) in [6.07, 6.45) is 3.89. The number of rotatable bonds is 8. The van der Waals surface area contributed by atoms with Crippen LogP contribution in [0, 0.1) is 6.92 Å². The Morgan fingerprint density at radius 1 is 1.05 bits per heavy atom. The van der Waals surface area contributed by atoms with Gasteiger partial charge >= 0.3 is 0 Å². The summed E-state index contributed by atoms with van der Waals surface area (Å²) in [5.74, 6) is -0.502. The summed E-state index contributed by atoms with van der Waals surface area (Å²) in [5, 5.41) is 14.7. The van der Waals surface area contributed by atoms with Gasteiger partial charge in [-0.15, -0.1) is 0 Å². The van der Waals surface area contributed by atoms with Gasteiger partial charge in [-0.05, 0) is 71.3 Å². The van der Waals surface area contributed by atoms with E-state index in [9.17, 15) is 9.59 Å². The van der Waals surface area contributed by atoms with E-state index in [1.165, 1.54) is 11.3 Å². The van der Waals surface area contributed by atoms with Crippen LogP contribution >= 0.6 is 11.3 Å². The lowest BCUT2D eigenvalue weighted by Crippen LogP contribution is -2.44. The number of benzene rings is 1. The highest BCUT2D eigenvalue weighted by atomic mass is 32.1. The Morgan fingerprint density at radius 2 is 1.79 bits per heavy atom. The zero-order chi connectivity index (χ0) is 27.7. The van der Waals surface area contributed by atoms with Gasteiger partial charge in [-0.1, -0.05) is 17.4 Å². The van der Waals surface area contributed by atoms with E-state index in [1.54, 1.807) is 12.3 Å². The number of nitrogens with zero attached hydrogens (tertiary/aromatic N) is 5. The molecule has 2 aromatic heterocycles. The van der Waals surface area contributed by atoms with Crippen molar-refractivity contribution in [1.82, 2.24) is 24.6 Å². The van der Waals surface area contributed by atoms with Gasteiger partial charge in [0.15, 0.2) is 10.8 Å². The fourth-order valence-corrected chi connectivity index (χ4v) is 5.31. The second-order valence-corrected chi connectivity index (χ2v) is 12.6. The Hall–Kier alpha value is -3.28. The summed E-state index contributed by atoms with van der Waals surface area (Å²) >= 11 is 1.34. The molecule has 0 bridgehead atoms. The molecular weight excluding hydrogens is 512 g/mol. The third-order valence-electron chi connectivity index (χ3n) is 7.01. The lowest BCUT2D eigenvalue weighted by atomic mass is 10.1. The van der Waals surface area contributed by atoms with Crippen LogP contribution in [0.5, 0.6) is 0 Å². The summed E-state index contributed by atoms with van der Waals surface area (Å²) in [6, 6.07) is 7.87. The lowest BCUT2D eigenvalue weighted by Gasteiger charge is -2.33. The molecule has 0 atom stereocenters. The number of aryl methyl sites for hydroxylation is 1. The van der Waals surface area contributed by atoms with Crippen molar-refractivity contribution in [3.05, 3.63) is 52.3 Å². The van der Waals surface area contributed by atoms with Crippen LogP contribution in [0.2, 0.25) is 0 Å². The molecule has 2 aliphatic rings. The average Bonchev–Trinajstić information content (AvgIpc) is 3.38. The predicted molar refractivity (Wildman–Crippen MR) is 156 cm³/mol. The molecule has 3 N–H and O–H groups in total. The third-order valence-corrected chi connectivity index (χ3v) is 7.94. The van der Waals surface area contributed by atoms with Gasteiger partial charge in [0.05, 0.1) is 17.4 Å². The quantitative estimate of drug-likeness (QED) is 0.385. The van der Waals surface area contributed by atoms with Gasteiger partial charge in [0.1, 0.15) is 4.88 Å². The second kappa shape index (κ2) is 11.1. The highest BCUT2D eigenvalue weighted by Gasteiger charge is 2.25. The molecule has 0 radical (unpaired) electrons. The summed E-state index contributed by atoms with van der Waals surface area (Å²) in [4.78, 5) is 35.7. The molecule has 1 aromatic carbocycles. The van der Waals surface area contributed by atoms with Crippen molar-refractivity contribution >= 4 is 39.7 Å². The average molecular weight is 551 g/mol. The van der Waals surface area contributed by atoms with Crippen molar-refractivity contribution in [2.75, 3.05) is 49.2 Å². The van der Waals surface area contributed by atoms with Crippen molar-refractivity contribution in [3.8, 4) is 0 Å². The summed E-state index contributed by atoms with van der Waals surface area (Å²) in [6.45, 7) is 13.0. The summed E-state index contributed by atoms with van der Waals surface area (Å²) in [5.41, 5.74) is 3.27. The molecule has 39 heavy (non-hydrogen) atoms. The fraction of sp³-hybridized carbons (Fsp3) is 0.500. The number of piperazine rings is 1. The van der Waals surface area contributed by atoms with Crippen molar-refractivity contribution in [2.24, 2.45) is 0 Å².